The molecule has 0 unspecified atom stereocenters. The molecule has 0 aliphatic carbocycles. The number of fused-ring (bicyclic) bond motifs is 1. The van der Waals surface area contributed by atoms with Crippen molar-refractivity contribution in [1.82, 2.24) is 0 Å². The number of benzene rings is 4. The lowest BCUT2D eigenvalue weighted by Crippen LogP contribution is -1.97. The molecule has 4 aromatic carbocycles. The van der Waals surface area contributed by atoms with Gasteiger partial charge in [-0.25, -0.2) is 0 Å². The molecule has 0 N–H and O–H groups in total. The number of carbonyl (C=O) groups is 1. The zero-order valence-electron chi connectivity index (χ0n) is 16.6. The van der Waals surface area contributed by atoms with Crippen LogP contribution in [0.25, 0.3) is 16.8 Å². The van der Waals surface area contributed by atoms with E-state index in [2.05, 4.69) is 46.3 Å². The van der Waals surface area contributed by atoms with Gasteiger partial charge in [0.2, 0.25) is 0 Å². The van der Waals surface area contributed by atoms with E-state index in [-0.39, 0.29) is 5.78 Å². The highest BCUT2D eigenvalue weighted by molar-refractivity contribution is 9.10. The van der Waals surface area contributed by atoms with Crippen LogP contribution in [0.2, 0.25) is 0 Å². The molecule has 0 saturated carbocycles. The average Bonchev–Trinajstić information content (AvgIpc) is 2.77. The lowest BCUT2D eigenvalue weighted by molar-refractivity contribution is 0.104. The molecule has 0 atom stereocenters. The summed E-state index contributed by atoms with van der Waals surface area (Å²) in [4.78, 5) is 12.3. The maximum absolute atomic E-state index is 12.3. The number of rotatable bonds is 6. The van der Waals surface area contributed by atoms with E-state index in [1.807, 2.05) is 67.6 Å². The Morgan fingerprint density at radius 1 is 0.933 bits per heavy atom. The molecule has 0 amide bonds. The number of aryl methyl sites for hydroxylation is 1. The Balaban J connectivity index is 1.45. The van der Waals surface area contributed by atoms with Gasteiger partial charge < -0.3 is 4.74 Å². The molecular formula is C27H21BrO2. The molecule has 0 bridgehead atoms. The molecule has 4 rings (SSSR count). The molecule has 0 aromatic heterocycles. The van der Waals surface area contributed by atoms with Crippen LogP contribution >= 0.6 is 15.9 Å². The number of hydrogen-bond donors (Lipinski definition) is 0. The summed E-state index contributed by atoms with van der Waals surface area (Å²) in [7, 11) is 0. The van der Waals surface area contributed by atoms with Crippen LogP contribution in [-0.4, -0.2) is 5.78 Å². The van der Waals surface area contributed by atoms with Gasteiger partial charge in [0.25, 0.3) is 0 Å². The first-order chi connectivity index (χ1) is 14.6. The Morgan fingerprint density at radius 3 is 2.50 bits per heavy atom. The minimum Gasteiger partial charge on any atom is -0.488 e. The van der Waals surface area contributed by atoms with Crippen LogP contribution in [-0.2, 0) is 6.61 Å². The van der Waals surface area contributed by atoms with Gasteiger partial charge in [-0.3, -0.25) is 4.79 Å². The van der Waals surface area contributed by atoms with Crippen LogP contribution in [0.5, 0.6) is 5.75 Å². The molecule has 0 spiro atoms. The van der Waals surface area contributed by atoms with Gasteiger partial charge in [0.05, 0.1) is 4.47 Å². The fourth-order valence-corrected chi connectivity index (χ4v) is 3.81. The molecule has 0 fully saturated rings. The molecule has 0 aliphatic heterocycles. The second kappa shape index (κ2) is 9.10. The van der Waals surface area contributed by atoms with Crippen LogP contribution in [0.3, 0.4) is 0 Å². The minimum atomic E-state index is -0.0117. The van der Waals surface area contributed by atoms with E-state index in [4.69, 9.17) is 4.74 Å². The summed E-state index contributed by atoms with van der Waals surface area (Å²) in [6.07, 6.45) is 3.42. The van der Waals surface area contributed by atoms with Crippen molar-refractivity contribution < 1.29 is 9.53 Å². The summed E-state index contributed by atoms with van der Waals surface area (Å²) in [5.41, 5.74) is 3.90. The summed E-state index contributed by atoms with van der Waals surface area (Å²) >= 11 is 3.59. The first-order valence-corrected chi connectivity index (χ1v) is 10.6. The third-order valence-electron chi connectivity index (χ3n) is 4.98. The summed E-state index contributed by atoms with van der Waals surface area (Å²) in [5, 5.41) is 2.40. The van der Waals surface area contributed by atoms with Crippen molar-refractivity contribution in [3.8, 4) is 5.75 Å². The van der Waals surface area contributed by atoms with Crippen molar-refractivity contribution in [2.75, 3.05) is 0 Å². The zero-order valence-corrected chi connectivity index (χ0v) is 18.2. The van der Waals surface area contributed by atoms with Crippen LogP contribution in [0.1, 0.15) is 27.0 Å². The second-order valence-corrected chi connectivity index (χ2v) is 8.03. The molecule has 4 aromatic rings. The standard InChI is InChI=1S/C27H21BrO2/c1-19-9-13-22(14-10-19)26(29)15-11-20-12-16-27(25(28)17-20)30-18-23-7-4-6-21-5-2-3-8-24(21)23/h2-17H,18H2,1H3/b15-11+. The van der Waals surface area contributed by atoms with Crippen molar-refractivity contribution in [3.63, 3.8) is 0 Å². The Kier molecular flexibility index (Phi) is 6.10. The first-order valence-electron chi connectivity index (χ1n) is 9.78. The van der Waals surface area contributed by atoms with Crippen molar-refractivity contribution in [1.29, 1.82) is 0 Å². The van der Waals surface area contributed by atoms with Crippen LogP contribution in [0, 0.1) is 6.92 Å². The zero-order chi connectivity index (χ0) is 20.9. The third kappa shape index (κ3) is 4.69. The molecule has 0 radical (unpaired) electrons. The molecule has 0 aliphatic rings. The highest BCUT2D eigenvalue weighted by Crippen LogP contribution is 2.28. The highest BCUT2D eigenvalue weighted by Gasteiger charge is 2.06. The Morgan fingerprint density at radius 2 is 1.70 bits per heavy atom. The summed E-state index contributed by atoms with van der Waals surface area (Å²) in [5.74, 6) is 0.757. The SMILES string of the molecule is Cc1ccc(C(=O)/C=C/c2ccc(OCc3cccc4ccccc34)c(Br)c2)cc1. The quantitative estimate of drug-likeness (QED) is 0.223. The van der Waals surface area contributed by atoms with Crippen molar-refractivity contribution in [2.45, 2.75) is 13.5 Å². The van der Waals surface area contributed by atoms with Gasteiger partial charge in [0.15, 0.2) is 5.78 Å². The highest BCUT2D eigenvalue weighted by atomic mass is 79.9. The summed E-state index contributed by atoms with van der Waals surface area (Å²) in [6.45, 7) is 2.49. The number of hydrogen-bond acceptors (Lipinski definition) is 2. The van der Waals surface area contributed by atoms with Gasteiger partial charge in [0.1, 0.15) is 12.4 Å². The summed E-state index contributed by atoms with van der Waals surface area (Å²) in [6, 6.07) is 28.0. The van der Waals surface area contributed by atoms with E-state index in [0.29, 0.717) is 12.2 Å². The molecular weight excluding hydrogens is 436 g/mol. The Hall–Kier alpha value is -3.17. The Labute approximate surface area is 185 Å². The second-order valence-electron chi connectivity index (χ2n) is 7.18. The van der Waals surface area contributed by atoms with E-state index in [1.165, 1.54) is 10.8 Å². The molecule has 0 saturated heterocycles. The average molecular weight is 457 g/mol. The van der Waals surface area contributed by atoms with Gasteiger partial charge >= 0.3 is 0 Å². The predicted molar refractivity (Wildman–Crippen MR) is 127 cm³/mol. The Bertz CT molecular complexity index is 1220. The number of carbonyl (C=O) groups excluding carboxylic acids is 1. The lowest BCUT2D eigenvalue weighted by atomic mass is 10.1. The number of ketones is 1. The van der Waals surface area contributed by atoms with Gasteiger partial charge in [-0.05, 0) is 63.0 Å². The third-order valence-corrected chi connectivity index (χ3v) is 5.60. The van der Waals surface area contributed by atoms with Gasteiger partial charge in [-0.15, -0.1) is 0 Å². The summed E-state index contributed by atoms with van der Waals surface area (Å²) < 4.78 is 6.91. The van der Waals surface area contributed by atoms with Crippen LogP contribution < -0.4 is 4.74 Å². The van der Waals surface area contributed by atoms with Gasteiger partial charge in [0, 0.05) is 5.56 Å². The number of allylic oxidation sites excluding steroid dienone is 1. The predicted octanol–water partition coefficient (Wildman–Crippen LogP) is 7.39. The van der Waals surface area contributed by atoms with E-state index in [9.17, 15) is 4.79 Å². The van der Waals surface area contributed by atoms with E-state index >= 15 is 0 Å². The normalized spacial score (nSPS) is 11.1. The molecule has 3 heteroatoms. The molecule has 148 valence electrons. The largest absolute Gasteiger partial charge is 0.488 e. The van der Waals surface area contributed by atoms with Crippen molar-refractivity contribution >= 4 is 38.6 Å². The molecule has 2 nitrogen and oxygen atoms in total. The van der Waals surface area contributed by atoms with E-state index < -0.39 is 0 Å². The van der Waals surface area contributed by atoms with Gasteiger partial charge in [-0.2, -0.15) is 0 Å². The maximum atomic E-state index is 12.3. The topological polar surface area (TPSA) is 26.3 Å². The smallest absolute Gasteiger partial charge is 0.185 e. The van der Waals surface area contributed by atoms with Crippen molar-refractivity contribution in [2.24, 2.45) is 0 Å². The minimum absolute atomic E-state index is 0.0117. The van der Waals surface area contributed by atoms with E-state index in [0.717, 1.165) is 26.9 Å². The number of halogens is 1. The fourth-order valence-electron chi connectivity index (χ4n) is 3.30. The van der Waals surface area contributed by atoms with Crippen LogP contribution in [0.15, 0.2) is 95.5 Å². The lowest BCUT2D eigenvalue weighted by Gasteiger charge is -2.11. The molecule has 0 heterocycles. The molecule has 30 heavy (non-hydrogen) atoms. The monoisotopic (exact) mass is 456 g/mol. The fraction of sp³-hybridized carbons (Fsp3) is 0.0741. The first kappa shape index (κ1) is 20.1. The maximum Gasteiger partial charge on any atom is 0.185 e. The van der Waals surface area contributed by atoms with Crippen molar-refractivity contribution in [3.05, 3.63) is 118 Å². The van der Waals surface area contributed by atoms with Crippen LogP contribution in [0.4, 0.5) is 0 Å². The number of ether oxygens (including phenoxy) is 1. The van der Waals surface area contributed by atoms with Gasteiger partial charge in [-0.1, -0.05) is 84.4 Å². The van der Waals surface area contributed by atoms with E-state index in [1.54, 1.807) is 6.08 Å².